The Morgan fingerprint density at radius 2 is 1.49 bits per heavy atom. The van der Waals surface area contributed by atoms with Crippen LogP contribution in [0.15, 0.2) is 96.0 Å². The van der Waals surface area contributed by atoms with E-state index < -0.39 is 0 Å². The van der Waals surface area contributed by atoms with Crippen LogP contribution in [0.1, 0.15) is 15.9 Å². The van der Waals surface area contributed by atoms with Gasteiger partial charge in [-0.1, -0.05) is 72.8 Å². The number of hydrogen-bond acceptors (Lipinski definition) is 4. The fourth-order valence-corrected chi connectivity index (χ4v) is 4.37. The number of hydrogen-bond donors (Lipinski definition) is 3. The Labute approximate surface area is 202 Å². The maximum atomic E-state index is 11.8. The van der Waals surface area contributed by atoms with Crippen LogP contribution in [0, 0.1) is 0 Å². The van der Waals surface area contributed by atoms with Crippen LogP contribution in [-0.2, 0) is 6.61 Å². The molecule has 0 aromatic heterocycles. The Morgan fingerprint density at radius 1 is 0.829 bits per heavy atom. The number of aromatic hydroxyl groups is 1. The second-order valence-corrected chi connectivity index (χ2v) is 8.14. The van der Waals surface area contributed by atoms with E-state index in [1.807, 2.05) is 84.9 Å². The van der Waals surface area contributed by atoms with Crippen molar-refractivity contribution in [3.63, 3.8) is 0 Å². The summed E-state index contributed by atoms with van der Waals surface area (Å²) in [4.78, 5) is 16.0. The van der Waals surface area contributed by atoms with E-state index in [1.165, 1.54) is 0 Å². The SMILES string of the molecule is NC(N)=Nc1ccccc1COc1ccc2ccccc2c1-c1c(O)c(C=O)cc2ccccc12. The van der Waals surface area contributed by atoms with Gasteiger partial charge in [0, 0.05) is 16.7 Å². The fraction of sp³-hybridized carbons (Fsp3) is 0.0345. The van der Waals surface area contributed by atoms with Crippen LogP contribution in [0.4, 0.5) is 5.69 Å². The van der Waals surface area contributed by atoms with Crippen LogP contribution in [0.5, 0.6) is 11.5 Å². The summed E-state index contributed by atoms with van der Waals surface area (Å²) < 4.78 is 6.34. The molecule has 0 unspecified atom stereocenters. The third-order valence-electron chi connectivity index (χ3n) is 5.94. The molecule has 5 aromatic rings. The van der Waals surface area contributed by atoms with Gasteiger partial charge in [-0.15, -0.1) is 0 Å². The first-order valence-corrected chi connectivity index (χ1v) is 11.1. The van der Waals surface area contributed by atoms with Crippen LogP contribution >= 0.6 is 0 Å². The molecule has 0 aliphatic heterocycles. The molecule has 5 aromatic carbocycles. The first-order chi connectivity index (χ1) is 17.1. The van der Waals surface area contributed by atoms with Crippen LogP contribution in [0.3, 0.4) is 0 Å². The first kappa shape index (κ1) is 22.0. The number of phenols is 1. The van der Waals surface area contributed by atoms with Gasteiger partial charge in [0.2, 0.25) is 0 Å². The molecule has 0 aliphatic rings. The summed E-state index contributed by atoms with van der Waals surface area (Å²) in [5.41, 5.74) is 14.1. The van der Waals surface area contributed by atoms with Crippen molar-refractivity contribution in [3.8, 4) is 22.6 Å². The summed E-state index contributed by atoms with van der Waals surface area (Å²) in [6.07, 6.45) is 0.669. The third kappa shape index (κ3) is 4.13. The number of benzene rings is 5. The molecule has 0 bridgehead atoms. The fourth-order valence-electron chi connectivity index (χ4n) is 4.37. The van der Waals surface area contributed by atoms with Gasteiger partial charge in [0.25, 0.3) is 0 Å². The van der Waals surface area contributed by atoms with E-state index in [-0.39, 0.29) is 23.9 Å². The summed E-state index contributed by atoms with van der Waals surface area (Å²) in [6, 6.07) is 28.5. The normalized spacial score (nSPS) is 10.9. The van der Waals surface area contributed by atoms with Crippen molar-refractivity contribution in [2.75, 3.05) is 0 Å². The second-order valence-electron chi connectivity index (χ2n) is 8.14. The van der Waals surface area contributed by atoms with Crippen molar-refractivity contribution >= 4 is 39.5 Å². The minimum absolute atomic E-state index is 0.0362. The highest BCUT2D eigenvalue weighted by Crippen LogP contribution is 2.46. The maximum Gasteiger partial charge on any atom is 0.191 e. The minimum Gasteiger partial charge on any atom is -0.507 e. The summed E-state index contributed by atoms with van der Waals surface area (Å²) in [6.45, 7) is 0.199. The van der Waals surface area contributed by atoms with Crippen molar-refractivity contribution in [1.29, 1.82) is 0 Å². The highest BCUT2D eigenvalue weighted by molar-refractivity contribution is 6.12. The predicted octanol–water partition coefficient (Wildman–Crippen LogP) is 5.66. The summed E-state index contributed by atoms with van der Waals surface area (Å²) in [5.74, 6) is 0.443. The van der Waals surface area contributed by atoms with E-state index in [4.69, 9.17) is 16.2 Å². The second kappa shape index (κ2) is 9.19. The van der Waals surface area contributed by atoms with Crippen LogP contribution in [-0.4, -0.2) is 17.4 Å². The zero-order chi connectivity index (χ0) is 24.4. The Hall–Kier alpha value is -4.84. The Balaban J connectivity index is 1.73. The number of fused-ring (bicyclic) bond motifs is 2. The number of carbonyl (C=O) groups is 1. The smallest absolute Gasteiger partial charge is 0.191 e. The van der Waals surface area contributed by atoms with Crippen molar-refractivity contribution in [1.82, 2.24) is 0 Å². The molecule has 0 amide bonds. The standard InChI is InChI=1S/C29H23N3O3/c30-29(31)32-24-12-6-3-9-20(24)17-35-25-14-13-18-7-1-4-10-22(18)26(25)27-23-11-5-2-8-19(23)15-21(16-33)28(27)34/h1-16,34H,17H2,(H4,30,31,32). The quantitative estimate of drug-likeness (QED) is 0.172. The molecule has 0 aliphatic carbocycles. The molecular weight excluding hydrogens is 438 g/mol. The van der Waals surface area contributed by atoms with Gasteiger partial charge < -0.3 is 21.3 Å². The van der Waals surface area contributed by atoms with Gasteiger partial charge in [-0.2, -0.15) is 0 Å². The van der Waals surface area contributed by atoms with Crippen LogP contribution in [0.25, 0.3) is 32.7 Å². The molecule has 35 heavy (non-hydrogen) atoms. The topological polar surface area (TPSA) is 111 Å². The van der Waals surface area contributed by atoms with E-state index in [2.05, 4.69) is 4.99 Å². The van der Waals surface area contributed by atoms with Gasteiger partial charge in [-0.3, -0.25) is 4.79 Å². The molecule has 0 saturated heterocycles. The number of guanidine groups is 1. The zero-order valence-corrected chi connectivity index (χ0v) is 18.8. The van der Waals surface area contributed by atoms with Gasteiger partial charge in [0.1, 0.15) is 18.1 Å². The van der Waals surface area contributed by atoms with E-state index >= 15 is 0 Å². The summed E-state index contributed by atoms with van der Waals surface area (Å²) >= 11 is 0. The number of nitrogens with two attached hydrogens (primary N) is 2. The Kier molecular flexibility index (Phi) is 5.77. The number of carbonyl (C=O) groups excluding carboxylic acids is 1. The van der Waals surface area contributed by atoms with E-state index in [1.54, 1.807) is 6.07 Å². The molecule has 6 heteroatoms. The number of aliphatic imine (C=N–C) groups is 1. The molecule has 172 valence electrons. The molecule has 6 nitrogen and oxygen atoms in total. The molecule has 0 atom stereocenters. The van der Waals surface area contributed by atoms with Crippen LogP contribution < -0.4 is 16.2 Å². The molecule has 5 rings (SSSR count). The van der Waals surface area contributed by atoms with Crippen molar-refractivity contribution < 1.29 is 14.6 Å². The largest absolute Gasteiger partial charge is 0.507 e. The van der Waals surface area contributed by atoms with Crippen LogP contribution in [0.2, 0.25) is 0 Å². The van der Waals surface area contributed by atoms with E-state index in [9.17, 15) is 9.90 Å². The van der Waals surface area contributed by atoms with Crippen molar-refractivity contribution in [3.05, 3.63) is 102 Å². The lowest BCUT2D eigenvalue weighted by atomic mass is 9.90. The van der Waals surface area contributed by atoms with Gasteiger partial charge in [-0.25, -0.2) is 4.99 Å². The average molecular weight is 462 g/mol. The molecule has 0 saturated carbocycles. The molecular formula is C29H23N3O3. The van der Waals surface area contributed by atoms with Gasteiger partial charge >= 0.3 is 0 Å². The Morgan fingerprint density at radius 3 is 2.23 bits per heavy atom. The number of aldehydes is 1. The predicted molar refractivity (Wildman–Crippen MR) is 140 cm³/mol. The molecule has 5 N–H and O–H groups in total. The van der Waals surface area contributed by atoms with Gasteiger partial charge in [0.15, 0.2) is 12.2 Å². The maximum absolute atomic E-state index is 11.8. The molecule has 0 heterocycles. The third-order valence-corrected chi connectivity index (χ3v) is 5.94. The lowest BCUT2D eigenvalue weighted by Crippen LogP contribution is -2.22. The summed E-state index contributed by atoms with van der Waals surface area (Å²) in [7, 11) is 0. The highest BCUT2D eigenvalue weighted by atomic mass is 16.5. The zero-order valence-electron chi connectivity index (χ0n) is 18.8. The number of phenolic OH excluding ortho intramolecular Hbond substituents is 1. The minimum atomic E-state index is -0.0826. The molecule has 0 spiro atoms. The Bertz CT molecular complexity index is 1600. The number of nitrogens with zero attached hydrogens (tertiary/aromatic N) is 1. The monoisotopic (exact) mass is 461 g/mol. The number of para-hydroxylation sites is 1. The average Bonchev–Trinajstić information content (AvgIpc) is 2.87. The highest BCUT2D eigenvalue weighted by Gasteiger charge is 2.20. The van der Waals surface area contributed by atoms with Crippen molar-refractivity contribution in [2.24, 2.45) is 16.5 Å². The lowest BCUT2D eigenvalue weighted by molar-refractivity contribution is 0.112. The molecule has 0 radical (unpaired) electrons. The van der Waals surface area contributed by atoms with E-state index in [0.717, 1.165) is 27.1 Å². The van der Waals surface area contributed by atoms with E-state index in [0.29, 0.717) is 28.8 Å². The number of ether oxygens (including phenoxy) is 1. The van der Waals surface area contributed by atoms with Gasteiger partial charge in [-0.05, 0) is 39.7 Å². The number of rotatable bonds is 6. The first-order valence-electron chi connectivity index (χ1n) is 11.1. The molecule has 0 fully saturated rings. The van der Waals surface area contributed by atoms with Gasteiger partial charge in [0.05, 0.1) is 11.3 Å². The van der Waals surface area contributed by atoms with Crippen molar-refractivity contribution in [2.45, 2.75) is 6.61 Å². The lowest BCUT2D eigenvalue weighted by Gasteiger charge is -2.18. The summed E-state index contributed by atoms with van der Waals surface area (Å²) in [5, 5.41) is 14.8.